The highest BCUT2D eigenvalue weighted by Gasteiger charge is 2.19. The molecule has 1 aromatic heterocycles. The molecule has 23 heavy (non-hydrogen) atoms. The Labute approximate surface area is 130 Å². The zero-order valence-corrected chi connectivity index (χ0v) is 11.8. The first-order valence-corrected chi connectivity index (χ1v) is 6.68. The molecular weight excluding hydrogens is 296 g/mol. The summed E-state index contributed by atoms with van der Waals surface area (Å²) in [7, 11) is 0. The lowest BCUT2D eigenvalue weighted by Gasteiger charge is -2.05. The Hall–Kier alpha value is -3.53. The van der Waals surface area contributed by atoms with Gasteiger partial charge in [0.2, 0.25) is 5.91 Å². The summed E-state index contributed by atoms with van der Waals surface area (Å²) in [6, 6.07) is 9.50. The fourth-order valence-electron chi connectivity index (χ4n) is 2.24. The summed E-state index contributed by atoms with van der Waals surface area (Å²) in [4.78, 5) is 31.4. The Balaban J connectivity index is 2.10. The molecule has 0 fully saturated rings. The summed E-state index contributed by atoms with van der Waals surface area (Å²) in [6.07, 6.45) is 1.50. The van der Waals surface area contributed by atoms with Crippen LogP contribution >= 0.6 is 0 Å². The number of hydrogen-bond donors (Lipinski definition) is 2. The number of benzene rings is 1. The maximum Gasteiger partial charge on any atom is 0.335 e. The number of carbonyl (C=O) groups excluding carboxylic acids is 1. The van der Waals surface area contributed by atoms with Gasteiger partial charge in [0.15, 0.2) is 0 Å². The Bertz CT molecular complexity index is 896. The summed E-state index contributed by atoms with van der Waals surface area (Å²) in [5.41, 5.74) is 2.23. The first kappa shape index (κ1) is 14.4. The average Bonchev–Trinajstić information content (AvgIpc) is 2.72. The van der Waals surface area contributed by atoms with Crippen molar-refractivity contribution in [3.8, 4) is 6.07 Å². The van der Waals surface area contributed by atoms with Crippen molar-refractivity contribution < 1.29 is 14.7 Å². The molecule has 7 nitrogen and oxygen atoms in total. The monoisotopic (exact) mass is 306 g/mol. The summed E-state index contributed by atoms with van der Waals surface area (Å²) in [5, 5.41) is 20.6. The third-order valence-electron chi connectivity index (χ3n) is 3.31. The molecule has 112 valence electrons. The van der Waals surface area contributed by atoms with Gasteiger partial charge in [0, 0.05) is 11.8 Å². The van der Waals surface area contributed by atoms with Crippen LogP contribution < -0.4 is 5.32 Å². The minimum absolute atomic E-state index is 0.0198. The number of carboxylic acid groups (broad SMARTS) is 1. The van der Waals surface area contributed by atoms with Crippen molar-refractivity contribution in [2.45, 2.75) is 6.42 Å². The topological polar surface area (TPSA) is 115 Å². The molecule has 2 N–H and O–H groups in total. The maximum atomic E-state index is 12.0. The van der Waals surface area contributed by atoms with Crippen molar-refractivity contribution >= 4 is 29.0 Å². The van der Waals surface area contributed by atoms with Crippen LogP contribution in [0, 0.1) is 11.3 Å². The highest BCUT2D eigenvalue weighted by molar-refractivity contribution is 6.17. The molecule has 3 rings (SSSR count). The SMILES string of the molecule is N#Cc1cc(C2=Nc3ccc(C(=O)O)cc3NC(=O)C2)ccn1. The van der Waals surface area contributed by atoms with Crippen LogP contribution in [0.5, 0.6) is 0 Å². The van der Waals surface area contributed by atoms with Crippen molar-refractivity contribution in [3.63, 3.8) is 0 Å². The van der Waals surface area contributed by atoms with Crippen molar-refractivity contribution in [2.24, 2.45) is 4.99 Å². The number of carbonyl (C=O) groups is 2. The number of fused-ring (bicyclic) bond motifs is 1. The molecule has 0 unspecified atom stereocenters. The number of rotatable bonds is 2. The normalized spacial score (nSPS) is 13.2. The van der Waals surface area contributed by atoms with E-state index in [1.54, 1.807) is 12.1 Å². The van der Waals surface area contributed by atoms with Gasteiger partial charge < -0.3 is 10.4 Å². The third kappa shape index (κ3) is 2.91. The molecule has 0 aliphatic carbocycles. The number of nitrogens with one attached hydrogen (secondary N) is 1. The summed E-state index contributed by atoms with van der Waals surface area (Å²) in [5.74, 6) is -1.39. The third-order valence-corrected chi connectivity index (χ3v) is 3.31. The van der Waals surface area contributed by atoms with Gasteiger partial charge in [0.25, 0.3) is 0 Å². The zero-order valence-electron chi connectivity index (χ0n) is 11.8. The van der Waals surface area contributed by atoms with Crippen LogP contribution in [0.2, 0.25) is 0 Å². The molecule has 1 aromatic carbocycles. The quantitative estimate of drug-likeness (QED) is 0.881. The van der Waals surface area contributed by atoms with E-state index in [9.17, 15) is 9.59 Å². The number of aromatic nitrogens is 1. The predicted molar refractivity (Wildman–Crippen MR) is 81.8 cm³/mol. The van der Waals surface area contributed by atoms with Gasteiger partial charge in [-0.25, -0.2) is 9.78 Å². The fourth-order valence-corrected chi connectivity index (χ4v) is 2.24. The Morgan fingerprint density at radius 3 is 2.87 bits per heavy atom. The van der Waals surface area contributed by atoms with Gasteiger partial charge in [-0.15, -0.1) is 0 Å². The second kappa shape index (κ2) is 5.69. The largest absolute Gasteiger partial charge is 0.478 e. The van der Waals surface area contributed by atoms with E-state index in [0.717, 1.165) is 0 Å². The Morgan fingerprint density at radius 1 is 1.30 bits per heavy atom. The van der Waals surface area contributed by atoms with Crippen LogP contribution in [0.15, 0.2) is 41.5 Å². The first-order chi connectivity index (χ1) is 11.1. The minimum Gasteiger partial charge on any atom is -0.478 e. The molecule has 1 amide bonds. The lowest BCUT2D eigenvalue weighted by atomic mass is 10.1. The fraction of sp³-hybridized carbons (Fsp3) is 0.0625. The number of aromatic carboxylic acids is 1. The smallest absolute Gasteiger partial charge is 0.335 e. The number of anilines is 1. The number of amides is 1. The lowest BCUT2D eigenvalue weighted by Crippen LogP contribution is -2.15. The molecule has 1 aliphatic rings. The van der Waals surface area contributed by atoms with E-state index in [2.05, 4.69) is 15.3 Å². The molecule has 0 spiro atoms. The van der Waals surface area contributed by atoms with E-state index in [4.69, 9.17) is 10.4 Å². The van der Waals surface area contributed by atoms with Crippen molar-refractivity contribution in [3.05, 3.63) is 53.3 Å². The summed E-state index contributed by atoms with van der Waals surface area (Å²) < 4.78 is 0. The molecule has 7 heteroatoms. The molecule has 0 saturated heterocycles. The van der Waals surface area contributed by atoms with Gasteiger partial charge in [-0.1, -0.05) is 0 Å². The molecule has 0 saturated carbocycles. The molecule has 2 heterocycles. The highest BCUT2D eigenvalue weighted by Crippen LogP contribution is 2.30. The van der Waals surface area contributed by atoms with E-state index in [1.807, 2.05) is 6.07 Å². The van der Waals surface area contributed by atoms with E-state index in [0.29, 0.717) is 22.6 Å². The van der Waals surface area contributed by atoms with Crippen LogP contribution in [0.25, 0.3) is 0 Å². The number of pyridine rings is 1. The van der Waals surface area contributed by atoms with E-state index in [1.165, 1.54) is 24.4 Å². The first-order valence-electron chi connectivity index (χ1n) is 6.68. The number of nitriles is 1. The minimum atomic E-state index is -1.08. The van der Waals surface area contributed by atoms with Crippen LogP contribution in [0.4, 0.5) is 11.4 Å². The van der Waals surface area contributed by atoms with Crippen LogP contribution in [-0.2, 0) is 4.79 Å². The van der Waals surface area contributed by atoms with Crippen LogP contribution in [0.3, 0.4) is 0 Å². The van der Waals surface area contributed by atoms with Crippen LogP contribution in [0.1, 0.15) is 28.0 Å². The second-order valence-corrected chi connectivity index (χ2v) is 4.86. The number of aliphatic imine (C=N–C) groups is 1. The predicted octanol–water partition coefficient (Wildman–Crippen LogP) is 2.11. The van der Waals surface area contributed by atoms with Crippen LogP contribution in [-0.4, -0.2) is 27.7 Å². The number of nitrogens with zero attached hydrogens (tertiary/aromatic N) is 3. The standard InChI is InChI=1S/C16H10N4O3/c17-8-11-5-9(3-4-18-11)13-7-15(21)20-14-6-10(16(22)23)1-2-12(14)19-13/h1-6H,7H2,(H,20,21)(H,22,23). The molecular formula is C16H10N4O3. The van der Waals surface area contributed by atoms with E-state index in [-0.39, 0.29) is 23.6 Å². The summed E-state index contributed by atoms with van der Waals surface area (Å²) in [6.45, 7) is 0. The van der Waals surface area contributed by atoms with Crippen molar-refractivity contribution in [1.82, 2.24) is 4.98 Å². The molecule has 0 atom stereocenters. The lowest BCUT2D eigenvalue weighted by molar-refractivity contribution is -0.115. The number of carboxylic acids is 1. The number of hydrogen-bond acceptors (Lipinski definition) is 5. The Kier molecular flexibility index (Phi) is 3.57. The average molecular weight is 306 g/mol. The molecule has 0 radical (unpaired) electrons. The van der Waals surface area contributed by atoms with E-state index >= 15 is 0 Å². The van der Waals surface area contributed by atoms with Gasteiger partial charge in [0.1, 0.15) is 11.8 Å². The Morgan fingerprint density at radius 2 is 2.13 bits per heavy atom. The van der Waals surface area contributed by atoms with E-state index < -0.39 is 5.97 Å². The molecule has 1 aliphatic heterocycles. The van der Waals surface area contributed by atoms with Gasteiger partial charge in [0.05, 0.1) is 29.1 Å². The van der Waals surface area contributed by atoms with Crippen molar-refractivity contribution in [2.75, 3.05) is 5.32 Å². The molecule has 0 bridgehead atoms. The van der Waals surface area contributed by atoms with Gasteiger partial charge in [-0.2, -0.15) is 5.26 Å². The van der Waals surface area contributed by atoms with Crippen molar-refractivity contribution in [1.29, 1.82) is 5.26 Å². The summed E-state index contributed by atoms with van der Waals surface area (Å²) >= 11 is 0. The highest BCUT2D eigenvalue weighted by atomic mass is 16.4. The van der Waals surface area contributed by atoms with Gasteiger partial charge >= 0.3 is 5.97 Å². The molecule has 2 aromatic rings. The van der Waals surface area contributed by atoms with Gasteiger partial charge in [-0.05, 0) is 30.3 Å². The zero-order chi connectivity index (χ0) is 16.4. The second-order valence-electron chi connectivity index (χ2n) is 4.86. The van der Waals surface area contributed by atoms with Gasteiger partial charge in [-0.3, -0.25) is 9.79 Å². The maximum absolute atomic E-state index is 12.0.